The van der Waals surface area contributed by atoms with Gasteiger partial charge in [0.25, 0.3) is 0 Å². The van der Waals surface area contributed by atoms with Crippen molar-refractivity contribution in [3.63, 3.8) is 0 Å². The minimum absolute atomic E-state index is 0.218. The Labute approximate surface area is 151 Å². The van der Waals surface area contributed by atoms with Crippen molar-refractivity contribution in [2.75, 3.05) is 0 Å². The Bertz CT molecular complexity index is 944. The van der Waals surface area contributed by atoms with E-state index in [1.165, 1.54) is 0 Å². The smallest absolute Gasteiger partial charge is 0.318 e. The monoisotopic (exact) mass is 354 g/mol. The van der Waals surface area contributed by atoms with E-state index in [4.69, 9.17) is 16.3 Å². The van der Waals surface area contributed by atoms with Crippen molar-refractivity contribution in [3.05, 3.63) is 41.3 Å². The molecule has 5 rings (SSSR count). The fourth-order valence-electron chi connectivity index (χ4n) is 3.47. The van der Waals surface area contributed by atoms with Gasteiger partial charge in [0.15, 0.2) is 5.82 Å². The summed E-state index contributed by atoms with van der Waals surface area (Å²) in [5.41, 5.74) is 2.81. The van der Waals surface area contributed by atoms with Gasteiger partial charge in [-0.15, -0.1) is 0 Å². The second-order valence-electron chi connectivity index (χ2n) is 7.22. The summed E-state index contributed by atoms with van der Waals surface area (Å²) in [6, 6.07) is 8.41. The van der Waals surface area contributed by atoms with E-state index >= 15 is 0 Å². The number of ether oxygens (including phenoxy) is 1. The molecule has 0 spiro atoms. The van der Waals surface area contributed by atoms with E-state index in [-0.39, 0.29) is 6.10 Å². The van der Waals surface area contributed by atoms with Crippen LogP contribution in [0.2, 0.25) is 5.02 Å². The minimum Gasteiger partial charge on any atom is -0.460 e. The van der Waals surface area contributed by atoms with Crippen LogP contribution in [-0.4, -0.2) is 25.6 Å². The largest absolute Gasteiger partial charge is 0.460 e. The van der Waals surface area contributed by atoms with Gasteiger partial charge >= 0.3 is 6.01 Å². The summed E-state index contributed by atoms with van der Waals surface area (Å²) >= 11 is 6.69. The van der Waals surface area contributed by atoms with Gasteiger partial charge in [-0.1, -0.05) is 30.7 Å². The molecule has 2 fully saturated rings. The van der Waals surface area contributed by atoms with Gasteiger partial charge in [0.1, 0.15) is 17.5 Å². The van der Waals surface area contributed by atoms with E-state index in [0.29, 0.717) is 22.8 Å². The molecule has 6 heteroatoms. The third-order valence-electron chi connectivity index (χ3n) is 5.09. The maximum absolute atomic E-state index is 6.69. The second-order valence-corrected chi connectivity index (χ2v) is 7.60. The molecule has 25 heavy (non-hydrogen) atoms. The first kappa shape index (κ1) is 15.1. The zero-order valence-electron chi connectivity index (χ0n) is 14.0. The van der Waals surface area contributed by atoms with Gasteiger partial charge in [-0.3, -0.25) is 4.57 Å². The molecule has 0 radical (unpaired) electrons. The molecule has 2 saturated carbocycles. The lowest BCUT2D eigenvalue weighted by Gasteiger charge is -2.32. The molecule has 0 unspecified atom stereocenters. The standard InChI is InChI=1S/C19H19ClN4O/c1-11-8-13(9-11)25-19-22-17(12-6-7-12)16(20)18(23-19)24-10-21-14-4-2-3-5-15(14)24/h2-5,10-13H,6-9H2,1H3. The first-order chi connectivity index (χ1) is 12.2. The Hall–Kier alpha value is -2.14. The molecule has 2 aromatic heterocycles. The molecule has 0 bridgehead atoms. The summed E-state index contributed by atoms with van der Waals surface area (Å²) in [5.74, 6) is 1.80. The average molecular weight is 355 g/mol. The SMILES string of the molecule is CC1CC(Oc2nc(C3CC3)c(Cl)c(-n3cnc4ccccc43)n2)C1. The van der Waals surface area contributed by atoms with E-state index in [2.05, 4.69) is 21.9 Å². The number of halogens is 1. The van der Waals surface area contributed by atoms with Crippen LogP contribution in [0, 0.1) is 5.92 Å². The zero-order valence-corrected chi connectivity index (χ0v) is 14.8. The van der Waals surface area contributed by atoms with Crippen molar-refractivity contribution in [1.82, 2.24) is 19.5 Å². The van der Waals surface area contributed by atoms with Crippen LogP contribution >= 0.6 is 11.6 Å². The Kier molecular flexibility index (Phi) is 3.45. The van der Waals surface area contributed by atoms with Crippen molar-refractivity contribution < 1.29 is 4.74 Å². The molecule has 0 atom stereocenters. The van der Waals surface area contributed by atoms with Gasteiger partial charge < -0.3 is 4.74 Å². The lowest BCUT2D eigenvalue weighted by molar-refractivity contribution is 0.0646. The van der Waals surface area contributed by atoms with Crippen molar-refractivity contribution in [1.29, 1.82) is 0 Å². The fourth-order valence-corrected chi connectivity index (χ4v) is 3.80. The highest BCUT2D eigenvalue weighted by atomic mass is 35.5. The highest BCUT2D eigenvalue weighted by molar-refractivity contribution is 6.33. The molecule has 0 aliphatic heterocycles. The number of benzene rings is 1. The van der Waals surface area contributed by atoms with Crippen LogP contribution in [-0.2, 0) is 0 Å². The van der Waals surface area contributed by atoms with Crippen LogP contribution in [0.1, 0.15) is 44.2 Å². The van der Waals surface area contributed by atoms with Crippen molar-refractivity contribution >= 4 is 22.6 Å². The molecule has 1 aromatic carbocycles. The van der Waals surface area contributed by atoms with Crippen LogP contribution in [0.5, 0.6) is 6.01 Å². The fraction of sp³-hybridized carbons (Fsp3) is 0.421. The Morgan fingerprint density at radius 1 is 1.16 bits per heavy atom. The normalized spacial score (nSPS) is 22.8. The van der Waals surface area contributed by atoms with E-state index in [9.17, 15) is 0 Å². The summed E-state index contributed by atoms with van der Waals surface area (Å²) in [4.78, 5) is 13.7. The number of fused-ring (bicyclic) bond motifs is 1. The molecule has 2 heterocycles. The van der Waals surface area contributed by atoms with Gasteiger partial charge in [-0.2, -0.15) is 9.97 Å². The summed E-state index contributed by atoms with van der Waals surface area (Å²) < 4.78 is 7.96. The first-order valence-corrected chi connectivity index (χ1v) is 9.23. The number of imidazole rings is 1. The van der Waals surface area contributed by atoms with E-state index in [0.717, 1.165) is 48.3 Å². The molecule has 128 valence electrons. The van der Waals surface area contributed by atoms with Gasteiger partial charge in [0.2, 0.25) is 0 Å². The van der Waals surface area contributed by atoms with Crippen LogP contribution in [0.25, 0.3) is 16.9 Å². The number of para-hydroxylation sites is 2. The minimum atomic E-state index is 0.218. The van der Waals surface area contributed by atoms with Crippen LogP contribution in [0.4, 0.5) is 0 Å². The van der Waals surface area contributed by atoms with E-state index in [1.54, 1.807) is 6.33 Å². The lowest BCUT2D eigenvalue weighted by atomic mass is 9.84. The Morgan fingerprint density at radius 2 is 1.96 bits per heavy atom. The third-order valence-corrected chi connectivity index (χ3v) is 5.45. The molecular weight excluding hydrogens is 336 g/mol. The van der Waals surface area contributed by atoms with Gasteiger partial charge in [-0.25, -0.2) is 4.98 Å². The van der Waals surface area contributed by atoms with Crippen molar-refractivity contribution in [2.24, 2.45) is 5.92 Å². The first-order valence-electron chi connectivity index (χ1n) is 8.85. The van der Waals surface area contributed by atoms with Gasteiger partial charge in [0, 0.05) is 5.92 Å². The van der Waals surface area contributed by atoms with Crippen molar-refractivity contribution in [3.8, 4) is 11.8 Å². The van der Waals surface area contributed by atoms with Crippen LogP contribution < -0.4 is 4.74 Å². The average Bonchev–Trinajstić information content (AvgIpc) is 3.34. The van der Waals surface area contributed by atoms with E-state index in [1.807, 2.05) is 28.8 Å². The number of rotatable bonds is 4. The molecule has 2 aliphatic carbocycles. The summed E-state index contributed by atoms with van der Waals surface area (Å²) in [7, 11) is 0. The Morgan fingerprint density at radius 3 is 2.72 bits per heavy atom. The molecule has 5 nitrogen and oxygen atoms in total. The number of hydrogen-bond acceptors (Lipinski definition) is 4. The van der Waals surface area contributed by atoms with Gasteiger partial charge in [-0.05, 0) is 43.7 Å². The number of hydrogen-bond donors (Lipinski definition) is 0. The summed E-state index contributed by atoms with van der Waals surface area (Å²) in [6.07, 6.45) is 6.37. The molecule has 3 aromatic rings. The number of aromatic nitrogens is 4. The van der Waals surface area contributed by atoms with Crippen LogP contribution in [0.15, 0.2) is 30.6 Å². The molecule has 0 amide bonds. The molecule has 0 N–H and O–H groups in total. The summed E-state index contributed by atoms with van der Waals surface area (Å²) in [6.45, 7) is 2.24. The maximum Gasteiger partial charge on any atom is 0.318 e. The zero-order chi connectivity index (χ0) is 17.0. The predicted octanol–water partition coefficient (Wildman–Crippen LogP) is 4.52. The van der Waals surface area contributed by atoms with E-state index < -0.39 is 0 Å². The summed E-state index contributed by atoms with van der Waals surface area (Å²) in [5, 5.41) is 0.611. The maximum atomic E-state index is 6.69. The van der Waals surface area contributed by atoms with Crippen LogP contribution in [0.3, 0.4) is 0 Å². The topological polar surface area (TPSA) is 52.8 Å². The molecular formula is C19H19ClN4O. The third kappa shape index (κ3) is 2.67. The quantitative estimate of drug-likeness (QED) is 0.691. The van der Waals surface area contributed by atoms with Crippen molar-refractivity contribution in [2.45, 2.75) is 44.6 Å². The highest BCUT2D eigenvalue weighted by Gasteiger charge is 2.32. The molecule has 2 aliphatic rings. The highest BCUT2D eigenvalue weighted by Crippen LogP contribution is 2.44. The number of nitrogens with zero attached hydrogens (tertiary/aromatic N) is 4. The Balaban J connectivity index is 1.61. The predicted molar refractivity (Wildman–Crippen MR) is 96.5 cm³/mol. The second kappa shape index (κ2) is 5.70. The molecule has 0 saturated heterocycles. The lowest BCUT2D eigenvalue weighted by Crippen LogP contribution is -2.32. The van der Waals surface area contributed by atoms with Gasteiger partial charge in [0.05, 0.1) is 16.7 Å².